The van der Waals surface area contributed by atoms with Crippen LogP contribution in [-0.4, -0.2) is 46.5 Å². The van der Waals surface area contributed by atoms with Gasteiger partial charge in [-0.3, -0.25) is 0 Å². The summed E-state index contributed by atoms with van der Waals surface area (Å²) in [6.07, 6.45) is 1.18. The molecule has 0 bridgehead atoms. The third kappa shape index (κ3) is 4.78. The second-order valence-corrected chi connectivity index (χ2v) is 7.41. The fourth-order valence-electron chi connectivity index (χ4n) is 1.77. The highest BCUT2D eigenvalue weighted by molar-refractivity contribution is 7.88. The number of hydrogen-bond donors (Lipinski definition) is 2. The zero-order valence-corrected chi connectivity index (χ0v) is 11.3. The Morgan fingerprint density at radius 1 is 1.38 bits per heavy atom. The Balaban J connectivity index is 2.30. The molecule has 0 aliphatic carbocycles. The van der Waals surface area contributed by atoms with Crippen LogP contribution in [0.3, 0.4) is 0 Å². The molecule has 16 heavy (non-hydrogen) atoms. The van der Waals surface area contributed by atoms with Crippen LogP contribution in [0.4, 0.5) is 0 Å². The molecule has 0 radical (unpaired) electrons. The molecule has 0 aromatic rings. The molecule has 0 aromatic carbocycles. The summed E-state index contributed by atoms with van der Waals surface area (Å²) in [7, 11) is -3.15. The number of hydrogen-bond acceptors (Lipinski definition) is 4. The summed E-state index contributed by atoms with van der Waals surface area (Å²) < 4.78 is 30.0. The second kappa shape index (κ2) is 4.60. The lowest BCUT2D eigenvalue weighted by Gasteiger charge is -2.39. The van der Waals surface area contributed by atoms with E-state index >= 15 is 0 Å². The van der Waals surface area contributed by atoms with Crippen LogP contribution >= 0.6 is 0 Å². The lowest BCUT2D eigenvalue weighted by atomic mass is 9.88. The highest BCUT2D eigenvalue weighted by atomic mass is 32.2. The summed E-state index contributed by atoms with van der Waals surface area (Å²) in [4.78, 5) is 0. The van der Waals surface area contributed by atoms with Crippen LogP contribution in [0.1, 0.15) is 20.8 Å². The zero-order valence-electron chi connectivity index (χ0n) is 10.5. The van der Waals surface area contributed by atoms with Crippen LogP contribution < -0.4 is 10.0 Å². The number of nitrogens with one attached hydrogen (secondary N) is 2. The first kappa shape index (κ1) is 13.9. The third-order valence-electron chi connectivity index (χ3n) is 2.48. The van der Waals surface area contributed by atoms with Gasteiger partial charge in [-0.05, 0) is 13.8 Å². The van der Waals surface area contributed by atoms with Crippen LogP contribution in [0.25, 0.3) is 0 Å². The van der Waals surface area contributed by atoms with Gasteiger partial charge >= 0.3 is 0 Å². The molecule has 1 saturated heterocycles. The maximum atomic E-state index is 11.1. The molecule has 1 aliphatic rings. The molecule has 2 N–H and O–H groups in total. The smallest absolute Gasteiger partial charge is 0.209 e. The molecular formula is C10H22N2O3S. The number of rotatable bonds is 6. The van der Waals surface area contributed by atoms with Crippen molar-refractivity contribution in [2.75, 3.05) is 32.6 Å². The average Bonchev–Trinajstić information content (AvgIpc) is 1.95. The predicted octanol–water partition coefficient (Wildman–Crippen LogP) is -0.0597. The van der Waals surface area contributed by atoms with E-state index in [0.717, 1.165) is 19.8 Å². The van der Waals surface area contributed by atoms with Gasteiger partial charge in [-0.15, -0.1) is 0 Å². The summed E-state index contributed by atoms with van der Waals surface area (Å²) in [5, 5.41) is 3.28. The quantitative estimate of drug-likeness (QED) is 0.693. The second-order valence-electron chi connectivity index (χ2n) is 5.67. The molecule has 1 heterocycles. The fraction of sp³-hybridized carbons (Fsp3) is 1.00. The molecule has 5 nitrogen and oxygen atoms in total. The molecule has 0 amide bonds. The van der Waals surface area contributed by atoms with Crippen molar-refractivity contribution in [3.05, 3.63) is 0 Å². The third-order valence-corrected chi connectivity index (χ3v) is 3.40. The van der Waals surface area contributed by atoms with Crippen molar-refractivity contribution in [3.8, 4) is 0 Å². The lowest BCUT2D eigenvalue weighted by molar-refractivity contribution is -0.0992. The van der Waals surface area contributed by atoms with Crippen LogP contribution in [0, 0.1) is 5.41 Å². The van der Waals surface area contributed by atoms with Gasteiger partial charge in [-0.25, -0.2) is 13.1 Å². The van der Waals surface area contributed by atoms with Crippen LogP contribution in [0.15, 0.2) is 0 Å². The zero-order chi connectivity index (χ0) is 12.4. The van der Waals surface area contributed by atoms with Crippen molar-refractivity contribution in [3.63, 3.8) is 0 Å². The van der Waals surface area contributed by atoms with E-state index in [4.69, 9.17) is 4.74 Å². The van der Waals surface area contributed by atoms with Crippen molar-refractivity contribution < 1.29 is 13.2 Å². The van der Waals surface area contributed by atoms with Crippen molar-refractivity contribution in [1.29, 1.82) is 0 Å². The van der Waals surface area contributed by atoms with Gasteiger partial charge < -0.3 is 10.1 Å². The first-order chi connectivity index (χ1) is 7.12. The number of sulfonamides is 1. The summed E-state index contributed by atoms with van der Waals surface area (Å²) in [6.45, 7) is 8.89. The van der Waals surface area contributed by atoms with Crippen LogP contribution in [-0.2, 0) is 14.8 Å². The maximum Gasteiger partial charge on any atom is 0.209 e. The van der Waals surface area contributed by atoms with E-state index in [2.05, 4.69) is 17.0 Å². The van der Waals surface area contributed by atoms with Gasteiger partial charge in [0.1, 0.15) is 0 Å². The first-order valence-electron chi connectivity index (χ1n) is 5.39. The normalized spacial score (nSPS) is 20.5. The Kier molecular flexibility index (Phi) is 3.99. The predicted molar refractivity (Wildman–Crippen MR) is 63.9 cm³/mol. The molecule has 0 atom stereocenters. The molecule has 96 valence electrons. The summed E-state index contributed by atoms with van der Waals surface area (Å²) >= 11 is 0. The van der Waals surface area contributed by atoms with Gasteiger partial charge in [0.05, 0.1) is 19.5 Å². The largest absolute Gasteiger partial charge is 0.380 e. The SMILES string of the molecule is CC1(CNCC(C)(C)NS(C)(=O)=O)COC1. The summed E-state index contributed by atoms with van der Waals surface area (Å²) in [5.74, 6) is 0. The molecule has 0 unspecified atom stereocenters. The Morgan fingerprint density at radius 2 is 1.94 bits per heavy atom. The van der Waals surface area contributed by atoms with E-state index < -0.39 is 15.6 Å². The minimum atomic E-state index is -3.15. The van der Waals surface area contributed by atoms with Gasteiger partial charge in [0, 0.05) is 24.0 Å². The minimum Gasteiger partial charge on any atom is -0.380 e. The van der Waals surface area contributed by atoms with Gasteiger partial charge in [-0.1, -0.05) is 6.92 Å². The molecule has 1 rings (SSSR count). The van der Waals surface area contributed by atoms with Crippen molar-refractivity contribution in [1.82, 2.24) is 10.0 Å². The van der Waals surface area contributed by atoms with Crippen LogP contribution in [0.5, 0.6) is 0 Å². The first-order valence-corrected chi connectivity index (χ1v) is 7.29. The molecule has 1 aliphatic heterocycles. The average molecular weight is 250 g/mol. The summed E-state index contributed by atoms with van der Waals surface area (Å²) in [5.41, 5.74) is -0.254. The Morgan fingerprint density at radius 3 is 2.31 bits per heavy atom. The number of ether oxygens (including phenoxy) is 1. The molecule has 0 saturated carbocycles. The molecule has 6 heteroatoms. The minimum absolute atomic E-state index is 0.209. The fourth-order valence-corrected chi connectivity index (χ4v) is 2.84. The summed E-state index contributed by atoms with van der Waals surface area (Å²) in [6, 6.07) is 0. The Bertz CT molecular complexity index is 334. The topological polar surface area (TPSA) is 67.4 Å². The molecule has 0 spiro atoms. The van der Waals surface area contributed by atoms with Crippen LogP contribution in [0.2, 0.25) is 0 Å². The molecular weight excluding hydrogens is 228 g/mol. The van der Waals surface area contributed by atoms with Gasteiger partial charge in [-0.2, -0.15) is 0 Å². The van der Waals surface area contributed by atoms with Gasteiger partial charge in [0.25, 0.3) is 0 Å². The Hall–Kier alpha value is -0.170. The van der Waals surface area contributed by atoms with E-state index in [9.17, 15) is 8.42 Å². The van der Waals surface area contributed by atoms with Crippen molar-refractivity contribution >= 4 is 10.0 Å². The maximum absolute atomic E-state index is 11.1. The molecule has 0 aromatic heterocycles. The highest BCUT2D eigenvalue weighted by Crippen LogP contribution is 2.25. The van der Waals surface area contributed by atoms with E-state index in [-0.39, 0.29) is 5.41 Å². The lowest BCUT2D eigenvalue weighted by Crippen LogP contribution is -2.54. The van der Waals surface area contributed by atoms with Crippen molar-refractivity contribution in [2.45, 2.75) is 26.3 Å². The molecule has 1 fully saturated rings. The monoisotopic (exact) mass is 250 g/mol. The van der Waals surface area contributed by atoms with E-state index in [0.29, 0.717) is 6.54 Å². The standard InChI is InChI=1S/C10H22N2O3S/c1-9(2,12-16(4,13)14)5-11-6-10(3)7-15-8-10/h11-12H,5-8H2,1-4H3. The van der Waals surface area contributed by atoms with E-state index in [1.54, 1.807) is 0 Å². The highest BCUT2D eigenvalue weighted by Gasteiger charge is 2.33. The van der Waals surface area contributed by atoms with Gasteiger partial charge in [0.15, 0.2) is 0 Å². The van der Waals surface area contributed by atoms with E-state index in [1.165, 1.54) is 6.26 Å². The van der Waals surface area contributed by atoms with Gasteiger partial charge in [0.2, 0.25) is 10.0 Å². The van der Waals surface area contributed by atoms with E-state index in [1.807, 2.05) is 13.8 Å². The van der Waals surface area contributed by atoms with Crippen molar-refractivity contribution in [2.24, 2.45) is 5.41 Å². The Labute approximate surface area is 98.0 Å².